The van der Waals surface area contributed by atoms with Crippen LogP contribution in [-0.4, -0.2) is 7.11 Å². The van der Waals surface area contributed by atoms with E-state index in [2.05, 4.69) is 13.8 Å². The third-order valence-corrected chi connectivity index (χ3v) is 2.59. The van der Waals surface area contributed by atoms with E-state index in [-0.39, 0.29) is 11.5 Å². The second-order valence-corrected chi connectivity index (χ2v) is 3.81. The Morgan fingerprint density at radius 2 is 2.20 bits per heavy atom. The van der Waals surface area contributed by atoms with Crippen molar-refractivity contribution in [1.82, 2.24) is 0 Å². The lowest BCUT2D eigenvalue weighted by Crippen LogP contribution is -2.07. The van der Waals surface area contributed by atoms with E-state index in [9.17, 15) is 4.79 Å². The molecule has 0 N–H and O–H groups in total. The van der Waals surface area contributed by atoms with Gasteiger partial charge in [0.2, 0.25) is 0 Å². The van der Waals surface area contributed by atoms with Crippen molar-refractivity contribution >= 4 is 0 Å². The summed E-state index contributed by atoms with van der Waals surface area (Å²) in [4.78, 5) is 11.3. The smallest absolute Gasteiger partial charge is 0.339 e. The first-order valence-electron chi connectivity index (χ1n) is 5.28. The molecule has 0 aliphatic heterocycles. The Morgan fingerprint density at radius 1 is 1.53 bits per heavy atom. The van der Waals surface area contributed by atoms with Gasteiger partial charge in [-0.3, -0.25) is 0 Å². The van der Waals surface area contributed by atoms with Crippen molar-refractivity contribution in [2.45, 2.75) is 39.5 Å². The molecule has 3 nitrogen and oxygen atoms in total. The van der Waals surface area contributed by atoms with Gasteiger partial charge in [0.1, 0.15) is 11.5 Å². The fourth-order valence-electron chi connectivity index (χ4n) is 1.80. The van der Waals surface area contributed by atoms with Crippen LogP contribution in [0.2, 0.25) is 0 Å². The van der Waals surface area contributed by atoms with Gasteiger partial charge in [-0.15, -0.1) is 0 Å². The minimum absolute atomic E-state index is 0.262. The molecule has 0 saturated heterocycles. The number of hydrogen-bond donors (Lipinski definition) is 0. The van der Waals surface area contributed by atoms with Crippen LogP contribution in [0.1, 0.15) is 43.9 Å². The van der Waals surface area contributed by atoms with E-state index in [0.717, 1.165) is 24.2 Å². The molecule has 0 bridgehead atoms. The highest BCUT2D eigenvalue weighted by Gasteiger charge is 2.15. The average molecular weight is 210 g/mol. The molecule has 1 heterocycles. The van der Waals surface area contributed by atoms with E-state index in [0.29, 0.717) is 5.75 Å². The molecule has 15 heavy (non-hydrogen) atoms. The summed E-state index contributed by atoms with van der Waals surface area (Å²) in [6, 6.07) is 1.39. The van der Waals surface area contributed by atoms with Crippen LogP contribution >= 0.6 is 0 Å². The Morgan fingerprint density at radius 3 is 2.73 bits per heavy atom. The van der Waals surface area contributed by atoms with E-state index in [1.54, 1.807) is 7.11 Å². The summed E-state index contributed by atoms with van der Waals surface area (Å²) in [6.07, 6.45) is 2.08. The molecule has 84 valence electrons. The van der Waals surface area contributed by atoms with Gasteiger partial charge in [0, 0.05) is 11.5 Å². The van der Waals surface area contributed by atoms with Gasteiger partial charge < -0.3 is 9.15 Å². The molecule has 0 fully saturated rings. The van der Waals surface area contributed by atoms with Crippen molar-refractivity contribution in [3.05, 3.63) is 27.8 Å². The van der Waals surface area contributed by atoms with Crippen molar-refractivity contribution in [3.8, 4) is 5.75 Å². The van der Waals surface area contributed by atoms with E-state index in [1.807, 2.05) is 6.92 Å². The van der Waals surface area contributed by atoms with Crippen LogP contribution in [-0.2, 0) is 0 Å². The van der Waals surface area contributed by atoms with Crippen LogP contribution in [0.5, 0.6) is 5.75 Å². The Hall–Kier alpha value is -1.25. The SMILES string of the molecule is CCC[C@@H](C)c1oc(=O)cc(OC)c1C. The van der Waals surface area contributed by atoms with Gasteiger partial charge in [-0.1, -0.05) is 20.3 Å². The van der Waals surface area contributed by atoms with Crippen LogP contribution in [0.4, 0.5) is 0 Å². The number of ether oxygens (including phenoxy) is 1. The monoisotopic (exact) mass is 210 g/mol. The van der Waals surface area contributed by atoms with Crippen molar-refractivity contribution in [2.24, 2.45) is 0 Å². The maximum atomic E-state index is 11.3. The second-order valence-electron chi connectivity index (χ2n) is 3.81. The molecular formula is C12H18O3. The molecule has 1 aromatic rings. The molecule has 0 unspecified atom stereocenters. The predicted octanol–water partition coefficient (Wildman–Crippen LogP) is 2.86. The zero-order valence-corrected chi connectivity index (χ0v) is 9.79. The van der Waals surface area contributed by atoms with Crippen LogP contribution in [0.25, 0.3) is 0 Å². The largest absolute Gasteiger partial charge is 0.496 e. The van der Waals surface area contributed by atoms with Crippen LogP contribution in [0.15, 0.2) is 15.3 Å². The highest BCUT2D eigenvalue weighted by molar-refractivity contribution is 5.34. The van der Waals surface area contributed by atoms with E-state index >= 15 is 0 Å². The number of methoxy groups -OCH3 is 1. The highest BCUT2D eigenvalue weighted by Crippen LogP contribution is 2.27. The normalized spacial score (nSPS) is 12.5. The van der Waals surface area contributed by atoms with Gasteiger partial charge in [-0.05, 0) is 13.3 Å². The molecule has 0 aliphatic rings. The minimum atomic E-state index is -0.338. The topological polar surface area (TPSA) is 39.4 Å². The van der Waals surface area contributed by atoms with Crippen LogP contribution in [0.3, 0.4) is 0 Å². The second kappa shape index (κ2) is 5.01. The highest BCUT2D eigenvalue weighted by atomic mass is 16.5. The van der Waals surface area contributed by atoms with Gasteiger partial charge in [-0.2, -0.15) is 0 Å². The first kappa shape index (κ1) is 11.8. The van der Waals surface area contributed by atoms with Gasteiger partial charge in [0.15, 0.2) is 0 Å². The molecule has 1 aromatic heterocycles. The van der Waals surface area contributed by atoms with Crippen molar-refractivity contribution in [1.29, 1.82) is 0 Å². The summed E-state index contributed by atoms with van der Waals surface area (Å²) in [7, 11) is 1.57. The van der Waals surface area contributed by atoms with Crippen LogP contribution in [0, 0.1) is 6.92 Å². The number of hydrogen-bond acceptors (Lipinski definition) is 3. The molecule has 0 saturated carbocycles. The van der Waals surface area contributed by atoms with E-state index in [1.165, 1.54) is 6.07 Å². The third-order valence-electron chi connectivity index (χ3n) is 2.59. The lowest BCUT2D eigenvalue weighted by atomic mass is 9.99. The lowest BCUT2D eigenvalue weighted by molar-refractivity contribution is 0.373. The summed E-state index contributed by atoms with van der Waals surface area (Å²) in [5.74, 6) is 1.63. The quantitative estimate of drug-likeness (QED) is 0.767. The van der Waals surface area contributed by atoms with Crippen LogP contribution < -0.4 is 10.4 Å². The fraction of sp³-hybridized carbons (Fsp3) is 0.583. The lowest BCUT2D eigenvalue weighted by Gasteiger charge is -2.13. The zero-order valence-electron chi connectivity index (χ0n) is 9.79. The third kappa shape index (κ3) is 2.61. The maximum absolute atomic E-state index is 11.3. The molecule has 0 radical (unpaired) electrons. The summed E-state index contributed by atoms with van der Waals surface area (Å²) in [5, 5.41) is 0. The molecule has 3 heteroatoms. The number of rotatable bonds is 4. The van der Waals surface area contributed by atoms with E-state index < -0.39 is 0 Å². The first-order chi connectivity index (χ1) is 7.10. The average Bonchev–Trinajstić information content (AvgIpc) is 2.21. The Kier molecular flexibility index (Phi) is 3.95. The minimum Gasteiger partial charge on any atom is -0.496 e. The maximum Gasteiger partial charge on any atom is 0.339 e. The summed E-state index contributed by atoms with van der Waals surface area (Å²) in [6.45, 7) is 6.10. The molecule has 0 amide bonds. The van der Waals surface area contributed by atoms with Crippen molar-refractivity contribution in [3.63, 3.8) is 0 Å². The zero-order chi connectivity index (χ0) is 11.4. The molecular weight excluding hydrogens is 192 g/mol. The van der Waals surface area contributed by atoms with Gasteiger partial charge in [0.25, 0.3) is 0 Å². The molecule has 0 spiro atoms. The Balaban J connectivity index is 3.16. The first-order valence-corrected chi connectivity index (χ1v) is 5.28. The predicted molar refractivity (Wildman–Crippen MR) is 59.6 cm³/mol. The summed E-state index contributed by atoms with van der Waals surface area (Å²) < 4.78 is 10.4. The molecule has 1 atom stereocenters. The van der Waals surface area contributed by atoms with Gasteiger partial charge in [-0.25, -0.2) is 4.79 Å². The van der Waals surface area contributed by atoms with Crippen molar-refractivity contribution in [2.75, 3.05) is 7.11 Å². The summed E-state index contributed by atoms with van der Waals surface area (Å²) in [5.41, 5.74) is 0.591. The standard InChI is InChI=1S/C12H18O3/c1-5-6-8(2)12-9(3)10(14-4)7-11(13)15-12/h7-8H,5-6H2,1-4H3/t8-/m1/s1. The van der Waals surface area contributed by atoms with Gasteiger partial charge >= 0.3 is 5.63 Å². The van der Waals surface area contributed by atoms with Gasteiger partial charge in [0.05, 0.1) is 13.2 Å². The molecule has 1 rings (SSSR count). The summed E-state index contributed by atoms with van der Waals surface area (Å²) >= 11 is 0. The fourth-order valence-corrected chi connectivity index (χ4v) is 1.80. The van der Waals surface area contributed by atoms with Crippen molar-refractivity contribution < 1.29 is 9.15 Å². The Bertz CT molecular complexity index is 379. The Labute approximate surface area is 90.1 Å². The molecule has 0 aromatic carbocycles. The molecule has 0 aliphatic carbocycles. The van der Waals surface area contributed by atoms with E-state index in [4.69, 9.17) is 9.15 Å².